The van der Waals surface area contributed by atoms with Crippen LogP contribution in [0.25, 0.3) is 0 Å². The van der Waals surface area contributed by atoms with Crippen molar-refractivity contribution in [1.29, 1.82) is 0 Å². The Balaban J connectivity index is 2.13. The van der Waals surface area contributed by atoms with Crippen molar-refractivity contribution in [2.75, 3.05) is 25.1 Å². The summed E-state index contributed by atoms with van der Waals surface area (Å²) < 4.78 is 5.22. The predicted octanol–water partition coefficient (Wildman–Crippen LogP) is 2.70. The summed E-state index contributed by atoms with van der Waals surface area (Å²) in [6.07, 6.45) is 0.448. The van der Waals surface area contributed by atoms with E-state index < -0.39 is 6.04 Å². The summed E-state index contributed by atoms with van der Waals surface area (Å²) in [5, 5.41) is 0. The Morgan fingerprint density at radius 2 is 2.00 bits per heavy atom. The lowest BCUT2D eigenvalue weighted by Gasteiger charge is -2.40. The Hall–Kier alpha value is -2.04. The molecule has 1 aliphatic heterocycles. The largest absolute Gasteiger partial charge is 0.497 e. The second-order valence-electron chi connectivity index (χ2n) is 7.19. The Labute approximate surface area is 138 Å². The quantitative estimate of drug-likeness (QED) is 0.861. The van der Waals surface area contributed by atoms with Crippen molar-refractivity contribution in [3.8, 4) is 5.75 Å². The molecule has 0 spiro atoms. The Bertz CT molecular complexity index is 592. The zero-order valence-corrected chi connectivity index (χ0v) is 14.6. The number of benzene rings is 1. The number of hydrogen-bond acceptors (Lipinski definition) is 3. The van der Waals surface area contributed by atoms with Gasteiger partial charge in [-0.05, 0) is 24.5 Å². The molecule has 0 aliphatic carbocycles. The van der Waals surface area contributed by atoms with Crippen molar-refractivity contribution in [3.05, 3.63) is 24.3 Å². The first kappa shape index (κ1) is 17.3. The van der Waals surface area contributed by atoms with Gasteiger partial charge in [-0.25, -0.2) is 0 Å². The predicted molar refractivity (Wildman–Crippen MR) is 90.6 cm³/mol. The van der Waals surface area contributed by atoms with E-state index >= 15 is 0 Å². The molecule has 1 heterocycles. The number of amides is 2. The van der Waals surface area contributed by atoms with Crippen LogP contribution in [0.15, 0.2) is 24.3 Å². The van der Waals surface area contributed by atoms with Crippen molar-refractivity contribution >= 4 is 17.5 Å². The molecule has 0 N–H and O–H groups in total. The van der Waals surface area contributed by atoms with Crippen LogP contribution in [-0.4, -0.2) is 43.0 Å². The molecule has 5 nitrogen and oxygen atoms in total. The highest BCUT2D eigenvalue weighted by molar-refractivity contribution is 6.00. The maximum absolute atomic E-state index is 12.7. The van der Waals surface area contributed by atoms with Crippen molar-refractivity contribution in [1.82, 2.24) is 4.90 Å². The van der Waals surface area contributed by atoms with E-state index in [1.165, 1.54) is 0 Å². The highest BCUT2D eigenvalue weighted by Gasteiger charge is 2.35. The van der Waals surface area contributed by atoms with E-state index in [0.717, 1.165) is 5.69 Å². The van der Waals surface area contributed by atoms with Gasteiger partial charge in [0.25, 0.3) is 0 Å². The van der Waals surface area contributed by atoms with Crippen LogP contribution in [-0.2, 0) is 9.59 Å². The SMILES string of the molecule is COc1cccc(N2CCN(C(=O)CC(C)(C)C)C(C)C2=O)c1. The molecule has 0 saturated carbocycles. The Morgan fingerprint density at radius 3 is 2.61 bits per heavy atom. The molecule has 0 aromatic heterocycles. The number of anilines is 1. The lowest BCUT2D eigenvalue weighted by Crippen LogP contribution is -2.58. The number of methoxy groups -OCH3 is 1. The van der Waals surface area contributed by atoms with Gasteiger partial charge in [-0.1, -0.05) is 26.8 Å². The standard InChI is InChI=1S/C18H26N2O3/c1-13-17(22)20(14-7-6-8-15(11-14)23-5)10-9-19(13)16(21)12-18(2,3)4/h6-8,11,13H,9-10,12H2,1-5H3. The normalized spacial score (nSPS) is 19.0. The topological polar surface area (TPSA) is 49.9 Å². The molecule has 1 unspecified atom stereocenters. The molecule has 0 radical (unpaired) electrons. The third-order valence-electron chi connectivity index (χ3n) is 4.02. The van der Waals surface area contributed by atoms with E-state index in [4.69, 9.17) is 4.74 Å². The molecule has 2 rings (SSSR count). The van der Waals surface area contributed by atoms with Crippen LogP contribution < -0.4 is 9.64 Å². The molecular weight excluding hydrogens is 292 g/mol. The minimum atomic E-state index is -0.440. The summed E-state index contributed by atoms with van der Waals surface area (Å²) in [6.45, 7) is 8.96. The van der Waals surface area contributed by atoms with Gasteiger partial charge in [0, 0.05) is 31.3 Å². The lowest BCUT2D eigenvalue weighted by atomic mass is 9.91. The average Bonchev–Trinajstić information content (AvgIpc) is 2.48. The van der Waals surface area contributed by atoms with Gasteiger partial charge in [0.2, 0.25) is 11.8 Å². The van der Waals surface area contributed by atoms with Crippen LogP contribution >= 0.6 is 0 Å². The van der Waals surface area contributed by atoms with E-state index in [1.807, 2.05) is 45.0 Å². The first-order valence-electron chi connectivity index (χ1n) is 7.98. The molecule has 5 heteroatoms. The van der Waals surface area contributed by atoms with Gasteiger partial charge in [-0.15, -0.1) is 0 Å². The summed E-state index contributed by atoms with van der Waals surface area (Å²) in [7, 11) is 1.60. The van der Waals surface area contributed by atoms with Crippen LogP contribution in [0, 0.1) is 5.41 Å². The van der Waals surface area contributed by atoms with Gasteiger partial charge in [0.05, 0.1) is 7.11 Å². The molecule has 1 atom stereocenters. The molecule has 1 aromatic rings. The maximum Gasteiger partial charge on any atom is 0.249 e. The van der Waals surface area contributed by atoms with Crippen molar-refractivity contribution in [2.45, 2.75) is 40.2 Å². The summed E-state index contributed by atoms with van der Waals surface area (Å²) in [5.41, 5.74) is 0.730. The van der Waals surface area contributed by atoms with Gasteiger partial charge in [0.1, 0.15) is 11.8 Å². The molecule has 1 aliphatic rings. The summed E-state index contributed by atoms with van der Waals surface area (Å²) >= 11 is 0. The smallest absolute Gasteiger partial charge is 0.249 e. The highest BCUT2D eigenvalue weighted by atomic mass is 16.5. The number of carbonyl (C=O) groups excluding carboxylic acids is 2. The van der Waals surface area contributed by atoms with E-state index in [1.54, 1.807) is 23.8 Å². The zero-order chi connectivity index (χ0) is 17.2. The number of nitrogens with zero attached hydrogens (tertiary/aromatic N) is 2. The minimum Gasteiger partial charge on any atom is -0.497 e. The van der Waals surface area contributed by atoms with Crippen LogP contribution in [0.4, 0.5) is 5.69 Å². The maximum atomic E-state index is 12.7. The first-order valence-corrected chi connectivity index (χ1v) is 7.98. The number of rotatable bonds is 3. The highest BCUT2D eigenvalue weighted by Crippen LogP contribution is 2.26. The molecule has 1 aromatic carbocycles. The van der Waals surface area contributed by atoms with E-state index in [2.05, 4.69) is 0 Å². The summed E-state index contributed by atoms with van der Waals surface area (Å²) in [5.74, 6) is 0.713. The van der Waals surface area contributed by atoms with E-state index in [9.17, 15) is 9.59 Å². The molecule has 1 fully saturated rings. The van der Waals surface area contributed by atoms with Crippen molar-refractivity contribution in [2.24, 2.45) is 5.41 Å². The molecule has 0 bridgehead atoms. The molecular formula is C18H26N2O3. The first-order chi connectivity index (χ1) is 10.7. The van der Waals surface area contributed by atoms with Crippen molar-refractivity contribution in [3.63, 3.8) is 0 Å². The Kier molecular flexibility index (Phi) is 4.97. The van der Waals surface area contributed by atoms with Crippen LogP contribution in [0.5, 0.6) is 5.75 Å². The molecule has 23 heavy (non-hydrogen) atoms. The second kappa shape index (κ2) is 6.60. The minimum absolute atomic E-state index is 0.0450. The average molecular weight is 318 g/mol. The number of hydrogen-bond donors (Lipinski definition) is 0. The fourth-order valence-electron chi connectivity index (χ4n) is 2.80. The van der Waals surface area contributed by atoms with Crippen LogP contribution in [0.2, 0.25) is 0 Å². The fraction of sp³-hybridized carbons (Fsp3) is 0.556. The monoisotopic (exact) mass is 318 g/mol. The van der Waals surface area contributed by atoms with Crippen LogP contribution in [0.1, 0.15) is 34.1 Å². The summed E-state index contributed by atoms with van der Waals surface area (Å²) in [6, 6.07) is 7.01. The van der Waals surface area contributed by atoms with Crippen molar-refractivity contribution < 1.29 is 14.3 Å². The second-order valence-corrected chi connectivity index (χ2v) is 7.19. The Morgan fingerprint density at radius 1 is 1.30 bits per heavy atom. The number of ether oxygens (including phenoxy) is 1. The van der Waals surface area contributed by atoms with E-state index in [0.29, 0.717) is 25.3 Å². The third kappa shape index (κ3) is 4.03. The number of piperazine rings is 1. The fourth-order valence-corrected chi connectivity index (χ4v) is 2.80. The molecule has 1 saturated heterocycles. The molecule has 2 amide bonds. The van der Waals surface area contributed by atoms with Gasteiger partial charge >= 0.3 is 0 Å². The number of carbonyl (C=O) groups is 2. The van der Waals surface area contributed by atoms with Gasteiger partial charge < -0.3 is 14.5 Å². The molecule has 126 valence electrons. The van der Waals surface area contributed by atoms with Gasteiger partial charge in [0.15, 0.2) is 0 Å². The third-order valence-corrected chi connectivity index (χ3v) is 4.02. The van der Waals surface area contributed by atoms with Gasteiger partial charge in [-0.2, -0.15) is 0 Å². The van der Waals surface area contributed by atoms with Gasteiger partial charge in [-0.3, -0.25) is 9.59 Å². The summed E-state index contributed by atoms with van der Waals surface area (Å²) in [4.78, 5) is 28.6. The lowest BCUT2D eigenvalue weighted by molar-refractivity contribution is -0.142. The van der Waals surface area contributed by atoms with Crippen LogP contribution in [0.3, 0.4) is 0 Å². The van der Waals surface area contributed by atoms with E-state index in [-0.39, 0.29) is 17.2 Å². The zero-order valence-electron chi connectivity index (χ0n) is 14.6.